The van der Waals surface area contributed by atoms with Gasteiger partial charge >= 0.3 is 0 Å². The molecule has 1 N–H and O–H groups in total. The number of hydrogen-bond donors (Lipinski definition) is 1. The molecule has 0 unspecified atom stereocenters. The molecule has 0 aliphatic heterocycles. The summed E-state index contributed by atoms with van der Waals surface area (Å²) in [6, 6.07) is 13.9. The van der Waals surface area contributed by atoms with Crippen molar-refractivity contribution in [2.75, 3.05) is 11.9 Å². The van der Waals surface area contributed by atoms with Crippen molar-refractivity contribution >= 4 is 28.9 Å². The predicted octanol–water partition coefficient (Wildman–Crippen LogP) is 4.81. The minimum atomic E-state index is -0.348. The van der Waals surface area contributed by atoms with Gasteiger partial charge in [-0.25, -0.2) is 0 Å². The van der Waals surface area contributed by atoms with Crippen LogP contribution in [0.15, 0.2) is 59.3 Å². The number of fused-ring (bicyclic) bond motifs is 1. The van der Waals surface area contributed by atoms with Gasteiger partial charge in [-0.15, -0.1) is 0 Å². The third-order valence-corrected chi connectivity index (χ3v) is 4.31. The van der Waals surface area contributed by atoms with E-state index in [1.807, 2.05) is 12.1 Å². The van der Waals surface area contributed by atoms with E-state index >= 15 is 0 Å². The molecule has 1 aliphatic carbocycles. The summed E-state index contributed by atoms with van der Waals surface area (Å²) in [6.45, 7) is 2.78. The summed E-state index contributed by atoms with van der Waals surface area (Å²) in [5.74, 6) is 0.123. The van der Waals surface area contributed by atoms with Crippen LogP contribution in [0.1, 0.15) is 40.5 Å². The zero-order valence-electron chi connectivity index (χ0n) is 13.8. The second-order valence-corrected chi connectivity index (χ2v) is 6.12. The first-order valence-electron chi connectivity index (χ1n) is 8.20. The van der Waals surface area contributed by atoms with Gasteiger partial charge < -0.3 is 10.1 Å². The average Bonchev–Trinajstić information content (AvgIpc) is 2.65. The summed E-state index contributed by atoms with van der Waals surface area (Å²) >= 11 is 6.14. The van der Waals surface area contributed by atoms with Crippen molar-refractivity contribution in [3.63, 3.8) is 0 Å². The molecule has 3 rings (SSSR count). The molecule has 0 saturated heterocycles. The molecule has 0 saturated carbocycles. The van der Waals surface area contributed by atoms with Crippen molar-refractivity contribution < 1.29 is 14.3 Å². The smallest absolute Gasteiger partial charge is 0.211 e. The van der Waals surface area contributed by atoms with Crippen LogP contribution in [0.2, 0.25) is 0 Å². The Morgan fingerprint density at radius 1 is 0.960 bits per heavy atom. The average molecular weight is 356 g/mol. The molecule has 4 nitrogen and oxygen atoms in total. The number of allylic oxidation sites excluding steroid dienone is 2. The van der Waals surface area contributed by atoms with E-state index < -0.39 is 0 Å². The summed E-state index contributed by atoms with van der Waals surface area (Å²) in [5.41, 5.74) is 1.46. The van der Waals surface area contributed by atoms with E-state index in [1.165, 1.54) is 0 Å². The number of hydrogen-bond acceptors (Lipinski definition) is 4. The lowest BCUT2D eigenvalue weighted by molar-refractivity contribution is 0.0982. The molecule has 0 heterocycles. The highest BCUT2D eigenvalue weighted by atomic mass is 35.5. The Labute approximate surface area is 151 Å². The number of carbonyl (C=O) groups is 2. The van der Waals surface area contributed by atoms with Crippen LogP contribution in [0.4, 0.5) is 5.69 Å². The van der Waals surface area contributed by atoms with E-state index in [-0.39, 0.29) is 22.3 Å². The topological polar surface area (TPSA) is 55.4 Å². The molecule has 5 heteroatoms. The summed E-state index contributed by atoms with van der Waals surface area (Å²) in [6.07, 6.45) is 2.07. The second kappa shape index (κ2) is 7.53. The number of nitrogens with one attached hydrogen (secondary N) is 1. The number of anilines is 1. The molecule has 0 amide bonds. The number of benzene rings is 2. The highest BCUT2D eigenvalue weighted by Crippen LogP contribution is 2.29. The number of rotatable bonds is 6. The maximum atomic E-state index is 12.6. The van der Waals surface area contributed by atoms with Gasteiger partial charge in [-0.3, -0.25) is 9.59 Å². The summed E-state index contributed by atoms with van der Waals surface area (Å²) < 4.78 is 5.61. The van der Waals surface area contributed by atoms with E-state index in [9.17, 15) is 9.59 Å². The maximum absolute atomic E-state index is 12.6. The Morgan fingerprint density at radius 2 is 1.60 bits per heavy atom. The van der Waals surface area contributed by atoms with Gasteiger partial charge in [0.25, 0.3) is 0 Å². The number of halogens is 1. The molecular weight excluding hydrogens is 338 g/mol. The van der Waals surface area contributed by atoms with E-state index in [0.717, 1.165) is 18.6 Å². The molecule has 0 radical (unpaired) electrons. The Bertz CT molecular complexity index is 840. The van der Waals surface area contributed by atoms with E-state index in [2.05, 4.69) is 12.2 Å². The molecule has 128 valence electrons. The quantitative estimate of drug-likeness (QED) is 0.756. The number of Topliss-reactive ketones (excluding diaryl/α,β-unsaturated/α-hetero) is 2. The lowest BCUT2D eigenvalue weighted by Gasteiger charge is -2.19. The highest BCUT2D eigenvalue weighted by Gasteiger charge is 2.31. The molecule has 2 aromatic carbocycles. The summed E-state index contributed by atoms with van der Waals surface area (Å²) in [7, 11) is 0. The van der Waals surface area contributed by atoms with Crippen molar-refractivity contribution in [2.24, 2.45) is 0 Å². The molecule has 1 aliphatic rings. The van der Waals surface area contributed by atoms with Crippen LogP contribution >= 0.6 is 11.6 Å². The maximum Gasteiger partial charge on any atom is 0.211 e. The minimum absolute atomic E-state index is 0.0908. The Morgan fingerprint density at radius 3 is 2.24 bits per heavy atom. The van der Waals surface area contributed by atoms with E-state index in [0.29, 0.717) is 23.4 Å². The normalized spacial score (nSPS) is 13.7. The van der Waals surface area contributed by atoms with Gasteiger partial charge in [0, 0.05) is 16.8 Å². The van der Waals surface area contributed by atoms with Crippen molar-refractivity contribution in [3.05, 3.63) is 70.4 Å². The molecule has 25 heavy (non-hydrogen) atoms. The summed E-state index contributed by atoms with van der Waals surface area (Å²) in [4.78, 5) is 25.0. The molecular formula is C20H18ClNO3. The van der Waals surface area contributed by atoms with Crippen LogP contribution < -0.4 is 10.1 Å². The molecule has 0 aromatic heterocycles. The van der Waals surface area contributed by atoms with Crippen LogP contribution in [0.5, 0.6) is 5.75 Å². The Kier molecular flexibility index (Phi) is 5.19. The fourth-order valence-corrected chi connectivity index (χ4v) is 2.80. The van der Waals surface area contributed by atoms with Gasteiger partial charge in [0.1, 0.15) is 16.5 Å². The Balaban J connectivity index is 1.79. The van der Waals surface area contributed by atoms with Crippen molar-refractivity contribution in [1.82, 2.24) is 0 Å². The largest absolute Gasteiger partial charge is 0.494 e. The van der Waals surface area contributed by atoms with Crippen LogP contribution in [-0.4, -0.2) is 18.2 Å². The van der Waals surface area contributed by atoms with Crippen molar-refractivity contribution in [2.45, 2.75) is 19.8 Å². The van der Waals surface area contributed by atoms with Crippen LogP contribution in [0.25, 0.3) is 0 Å². The van der Waals surface area contributed by atoms with Crippen molar-refractivity contribution in [1.29, 1.82) is 0 Å². The third-order valence-electron chi connectivity index (χ3n) is 3.95. The van der Waals surface area contributed by atoms with Gasteiger partial charge in [0.05, 0.1) is 6.61 Å². The Hall–Kier alpha value is -2.59. The molecule has 2 aromatic rings. The third kappa shape index (κ3) is 3.59. The van der Waals surface area contributed by atoms with Crippen LogP contribution in [0, 0.1) is 0 Å². The fourth-order valence-electron chi connectivity index (χ4n) is 2.57. The second-order valence-electron chi connectivity index (χ2n) is 5.74. The van der Waals surface area contributed by atoms with Gasteiger partial charge in [-0.05, 0) is 30.7 Å². The van der Waals surface area contributed by atoms with Crippen LogP contribution in [0.3, 0.4) is 0 Å². The first-order valence-corrected chi connectivity index (χ1v) is 8.57. The predicted molar refractivity (Wildman–Crippen MR) is 98.4 cm³/mol. The first kappa shape index (κ1) is 17.2. The number of carbonyl (C=O) groups excluding carboxylic acids is 2. The monoisotopic (exact) mass is 355 g/mol. The van der Waals surface area contributed by atoms with E-state index in [1.54, 1.807) is 36.4 Å². The molecule has 0 atom stereocenters. The van der Waals surface area contributed by atoms with Gasteiger partial charge in [0.15, 0.2) is 0 Å². The molecule has 0 bridgehead atoms. The van der Waals surface area contributed by atoms with Crippen LogP contribution in [-0.2, 0) is 0 Å². The zero-order chi connectivity index (χ0) is 17.8. The van der Waals surface area contributed by atoms with Gasteiger partial charge in [-0.2, -0.15) is 0 Å². The zero-order valence-corrected chi connectivity index (χ0v) is 14.6. The van der Waals surface area contributed by atoms with E-state index in [4.69, 9.17) is 16.3 Å². The molecule has 0 spiro atoms. The number of ketones is 2. The number of ether oxygens (including phenoxy) is 1. The minimum Gasteiger partial charge on any atom is -0.494 e. The molecule has 0 fully saturated rings. The van der Waals surface area contributed by atoms with Gasteiger partial charge in [-0.1, -0.05) is 49.2 Å². The SMILES string of the molecule is CCCCOc1ccc(NC2=C(Cl)C(=O)c3ccccc3C2=O)cc1. The fraction of sp³-hybridized carbons (Fsp3) is 0.200. The standard InChI is InChI=1S/C20H18ClNO3/c1-2-3-12-25-14-10-8-13(9-11-14)22-18-17(21)19(23)15-6-4-5-7-16(15)20(18)24/h4-11,22H,2-3,12H2,1H3. The van der Waals surface area contributed by atoms with Gasteiger partial charge in [0.2, 0.25) is 11.6 Å². The number of unbranched alkanes of at least 4 members (excludes halogenated alkanes) is 1. The first-order chi connectivity index (χ1) is 12.1. The van der Waals surface area contributed by atoms with Crippen molar-refractivity contribution in [3.8, 4) is 5.75 Å². The lowest BCUT2D eigenvalue weighted by Crippen LogP contribution is -2.24. The highest BCUT2D eigenvalue weighted by molar-refractivity contribution is 6.50. The lowest BCUT2D eigenvalue weighted by atomic mass is 9.92. The summed E-state index contributed by atoms with van der Waals surface area (Å²) in [5, 5.41) is 2.88.